The second kappa shape index (κ2) is 9.26. The van der Waals surface area contributed by atoms with Crippen LogP contribution < -0.4 is 10.6 Å². The summed E-state index contributed by atoms with van der Waals surface area (Å²) in [6, 6.07) is 1.74. The number of aldehydes is 1. The van der Waals surface area contributed by atoms with Crippen molar-refractivity contribution in [3.63, 3.8) is 0 Å². The summed E-state index contributed by atoms with van der Waals surface area (Å²) in [5.74, 6) is -1.34. The number of carbonyl (C=O) groups excluding carboxylic acids is 2. The van der Waals surface area contributed by atoms with E-state index in [1.165, 1.54) is 17.4 Å². The molecule has 30 heavy (non-hydrogen) atoms. The molecule has 2 unspecified atom stereocenters. The number of rotatable bonds is 8. The Balaban J connectivity index is 1.67. The van der Waals surface area contributed by atoms with Crippen LogP contribution in [0.2, 0.25) is 0 Å². The molecule has 0 aliphatic heterocycles. The first-order chi connectivity index (χ1) is 14.2. The number of benzene rings is 1. The van der Waals surface area contributed by atoms with E-state index in [1.54, 1.807) is 13.8 Å². The van der Waals surface area contributed by atoms with Gasteiger partial charge in [0.1, 0.15) is 22.9 Å². The van der Waals surface area contributed by atoms with E-state index in [2.05, 4.69) is 20.8 Å². The highest BCUT2D eigenvalue weighted by molar-refractivity contribution is 7.15. The van der Waals surface area contributed by atoms with E-state index in [9.17, 15) is 18.4 Å². The van der Waals surface area contributed by atoms with Crippen LogP contribution in [-0.2, 0) is 27.8 Å². The van der Waals surface area contributed by atoms with E-state index >= 15 is 0 Å². The van der Waals surface area contributed by atoms with Crippen molar-refractivity contribution < 1.29 is 18.4 Å². The fraction of sp³-hybridized carbons (Fsp3) is 0.524. The lowest BCUT2D eigenvalue weighted by atomic mass is 9.87. The molecule has 0 radical (unpaired) electrons. The normalized spacial score (nSPS) is 17.3. The van der Waals surface area contributed by atoms with Crippen LogP contribution in [0.25, 0.3) is 0 Å². The van der Waals surface area contributed by atoms with Gasteiger partial charge in [-0.15, -0.1) is 10.2 Å². The van der Waals surface area contributed by atoms with Gasteiger partial charge in [0, 0.05) is 12.1 Å². The van der Waals surface area contributed by atoms with Gasteiger partial charge < -0.3 is 10.1 Å². The Morgan fingerprint density at radius 1 is 1.37 bits per heavy atom. The van der Waals surface area contributed by atoms with E-state index in [1.807, 2.05) is 6.92 Å². The molecule has 2 aromatic rings. The van der Waals surface area contributed by atoms with Gasteiger partial charge in [-0.25, -0.2) is 8.78 Å². The molecule has 3 rings (SSSR count). The summed E-state index contributed by atoms with van der Waals surface area (Å²) in [5.41, 5.74) is 0.447. The zero-order valence-corrected chi connectivity index (χ0v) is 18.1. The first-order valence-electron chi connectivity index (χ1n) is 10.1. The molecule has 1 aliphatic carbocycles. The van der Waals surface area contributed by atoms with Crippen LogP contribution in [0.4, 0.5) is 13.9 Å². The number of hydrogen-bond donors (Lipinski definition) is 2. The van der Waals surface area contributed by atoms with Crippen LogP contribution in [0.1, 0.15) is 56.2 Å². The van der Waals surface area contributed by atoms with Crippen molar-refractivity contribution in [3.05, 3.63) is 39.9 Å². The number of halogens is 2. The van der Waals surface area contributed by atoms with Crippen molar-refractivity contribution >= 4 is 28.7 Å². The molecule has 1 heterocycles. The minimum Gasteiger partial charge on any atom is -0.303 e. The summed E-state index contributed by atoms with van der Waals surface area (Å²) in [6.45, 7) is 5.45. The standard InChI is InChI=1S/C21H26F2N4O2S/c1-4-5-17(18(29)25-20-27-26-19(30-20)21(2,3)11-28)24-14-7-6-12-8-13(22)9-16(23)15(12)10-14/h8-9,11,14,17,24H,4-7,10H2,1-3H3,(H,25,27,29). The molecule has 2 atom stereocenters. The molecule has 9 heteroatoms. The minimum atomic E-state index is -0.763. The molecule has 0 fully saturated rings. The molecule has 1 amide bonds. The predicted octanol–water partition coefficient (Wildman–Crippen LogP) is 3.55. The highest BCUT2D eigenvalue weighted by atomic mass is 32.1. The van der Waals surface area contributed by atoms with Gasteiger partial charge >= 0.3 is 0 Å². The van der Waals surface area contributed by atoms with Crippen LogP contribution in [0.3, 0.4) is 0 Å². The van der Waals surface area contributed by atoms with E-state index in [-0.39, 0.29) is 11.9 Å². The lowest BCUT2D eigenvalue weighted by Crippen LogP contribution is -2.47. The maximum Gasteiger partial charge on any atom is 0.243 e. The number of amides is 1. The zero-order valence-electron chi connectivity index (χ0n) is 17.3. The number of fused-ring (bicyclic) bond motifs is 1. The Kier molecular flexibility index (Phi) is 6.92. The van der Waals surface area contributed by atoms with E-state index in [0.29, 0.717) is 46.9 Å². The molecule has 1 aromatic carbocycles. The lowest BCUT2D eigenvalue weighted by molar-refractivity contribution is -0.118. The Morgan fingerprint density at radius 2 is 2.13 bits per heavy atom. The zero-order chi connectivity index (χ0) is 21.9. The number of aryl methyl sites for hydroxylation is 1. The molecule has 0 saturated heterocycles. The van der Waals surface area contributed by atoms with Gasteiger partial charge in [0.25, 0.3) is 0 Å². The van der Waals surface area contributed by atoms with Crippen LogP contribution in [-0.4, -0.2) is 34.5 Å². The Bertz CT molecular complexity index is 932. The molecule has 1 aromatic heterocycles. The Morgan fingerprint density at radius 3 is 2.83 bits per heavy atom. The van der Waals surface area contributed by atoms with Gasteiger partial charge in [0.15, 0.2) is 0 Å². The third-order valence-electron chi connectivity index (χ3n) is 5.30. The topological polar surface area (TPSA) is 84.0 Å². The van der Waals surface area contributed by atoms with Gasteiger partial charge in [-0.05, 0) is 56.7 Å². The second-order valence-electron chi connectivity index (χ2n) is 8.21. The number of nitrogens with one attached hydrogen (secondary N) is 2. The summed E-state index contributed by atoms with van der Waals surface area (Å²) in [4.78, 5) is 24.0. The second-order valence-corrected chi connectivity index (χ2v) is 9.19. The highest BCUT2D eigenvalue weighted by Gasteiger charge is 2.29. The van der Waals surface area contributed by atoms with Crippen LogP contribution in [0, 0.1) is 11.6 Å². The summed E-state index contributed by atoms with van der Waals surface area (Å²) >= 11 is 1.17. The first-order valence-corrected chi connectivity index (χ1v) is 10.9. The fourth-order valence-electron chi connectivity index (χ4n) is 3.57. The smallest absolute Gasteiger partial charge is 0.243 e. The third-order valence-corrected chi connectivity index (χ3v) is 6.48. The van der Waals surface area contributed by atoms with Gasteiger partial charge in [-0.3, -0.25) is 10.1 Å². The summed E-state index contributed by atoms with van der Waals surface area (Å²) in [5, 5.41) is 15.0. The molecule has 6 nitrogen and oxygen atoms in total. The summed E-state index contributed by atoms with van der Waals surface area (Å²) in [6.07, 6.45) is 3.85. The maximum absolute atomic E-state index is 14.2. The van der Waals surface area contributed by atoms with Gasteiger partial charge in [0.05, 0.1) is 11.5 Å². The predicted molar refractivity (Wildman–Crippen MR) is 112 cm³/mol. The van der Waals surface area contributed by atoms with Crippen LogP contribution in [0.5, 0.6) is 0 Å². The molecule has 162 valence electrons. The molecule has 1 aliphatic rings. The number of carbonyl (C=O) groups is 2. The quantitative estimate of drug-likeness (QED) is 0.619. The number of nitrogens with zero attached hydrogens (tertiary/aromatic N) is 2. The average Bonchev–Trinajstić information content (AvgIpc) is 3.17. The number of aromatic nitrogens is 2. The largest absolute Gasteiger partial charge is 0.303 e. The fourth-order valence-corrected chi connectivity index (χ4v) is 4.38. The monoisotopic (exact) mass is 436 g/mol. The Hall–Kier alpha value is -2.26. The van der Waals surface area contributed by atoms with E-state index in [0.717, 1.165) is 18.8 Å². The van der Waals surface area contributed by atoms with Crippen molar-refractivity contribution in [2.75, 3.05) is 5.32 Å². The van der Waals surface area contributed by atoms with E-state index < -0.39 is 23.1 Å². The lowest BCUT2D eigenvalue weighted by Gasteiger charge is -2.29. The Labute approximate surface area is 178 Å². The van der Waals surface area contributed by atoms with Crippen molar-refractivity contribution in [1.29, 1.82) is 0 Å². The maximum atomic E-state index is 14.2. The van der Waals surface area contributed by atoms with Crippen LogP contribution >= 0.6 is 11.3 Å². The highest BCUT2D eigenvalue weighted by Crippen LogP contribution is 2.28. The van der Waals surface area contributed by atoms with Gasteiger partial charge in [0.2, 0.25) is 11.0 Å². The van der Waals surface area contributed by atoms with Crippen LogP contribution in [0.15, 0.2) is 12.1 Å². The summed E-state index contributed by atoms with van der Waals surface area (Å²) < 4.78 is 27.6. The van der Waals surface area contributed by atoms with E-state index in [4.69, 9.17) is 0 Å². The molecule has 0 spiro atoms. The van der Waals surface area contributed by atoms with Crippen molar-refractivity contribution in [1.82, 2.24) is 15.5 Å². The minimum absolute atomic E-state index is 0.0845. The van der Waals surface area contributed by atoms with Crippen molar-refractivity contribution in [2.24, 2.45) is 0 Å². The van der Waals surface area contributed by atoms with Crippen molar-refractivity contribution in [3.8, 4) is 0 Å². The number of anilines is 1. The van der Waals surface area contributed by atoms with Crippen molar-refractivity contribution in [2.45, 2.75) is 70.4 Å². The number of hydrogen-bond acceptors (Lipinski definition) is 6. The van der Waals surface area contributed by atoms with Gasteiger partial charge in [-0.2, -0.15) is 0 Å². The molecular weight excluding hydrogens is 410 g/mol. The average molecular weight is 437 g/mol. The molecule has 0 bridgehead atoms. The third kappa shape index (κ3) is 5.07. The van der Waals surface area contributed by atoms with Gasteiger partial charge in [-0.1, -0.05) is 24.7 Å². The molecule has 0 saturated carbocycles. The molecular formula is C21H26F2N4O2S. The SMILES string of the molecule is CCCC(NC1CCc2cc(F)cc(F)c2C1)C(=O)Nc1nnc(C(C)(C)C=O)s1. The molecule has 2 N–H and O–H groups in total. The first kappa shape index (κ1) is 22.4. The summed E-state index contributed by atoms with van der Waals surface area (Å²) in [7, 11) is 0.